The summed E-state index contributed by atoms with van der Waals surface area (Å²) >= 11 is 5.61. The first-order valence-electron chi connectivity index (χ1n) is 21.1. The third-order valence-corrected chi connectivity index (χ3v) is 8.90. The molecule has 11 heteroatoms. The Bertz CT molecular complexity index is 4160. The summed E-state index contributed by atoms with van der Waals surface area (Å²) in [5.74, 6) is 93.2. The van der Waals surface area contributed by atoms with Gasteiger partial charge in [-0.2, -0.15) is 18.4 Å². The second-order valence-electron chi connectivity index (χ2n) is 13.1. The normalized spacial score (nSPS) is 9.99. The second kappa shape index (κ2) is 33.8. The van der Waals surface area contributed by atoms with Crippen molar-refractivity contribution in [3.63, 3.8) is 0 Å². The van der Waals surface area contributed by atoms with Gasteiger partial charge < -0.3 is 9.64 Å². The minimum Gasteiger partial charge on any atom is -0.463 e. The zero-order chi connectivity index (χ0) is 55.0. The number of thiocarbonyl (C=S) groups is 1. The third-order valence-electron chi connectivity index (χ3n) is 8.54. The monoisotopic (exact) mass is 996 g/mol. The summed E-state index contributed by atoms with van der Waals surface area (Å²) in [4.78, 5) is 30.8. The average Bonchev–Trinajstić information content (AvgIpc) is 3.70. The molecule has 7 nitrogen and oxygen atoms in total. The Morgan fingerprint density at radius 2 is 1.01 bits per heavy atom. The number of carbonyl (C=O) groups is 2. The van der Waals surface area contributed by atoms with E-state index in [0.29, 0.717) is 18.5 Å². The largest absolute Gasteiger partial charge is 0.463 e. The van der Waals surface area contributed by atoms with Gasteiger partial charge in [0, 0.05) is 189 Å². The zero-order valence-corrected chi connectivity index (χ0v) is 40.4. The van der Waals surface area contributed by atoms with Gasteiger partial charge in [0.2, 0.25) is 0 Å². The van der Waals surface area contributed by atoms with Crippen LogP contribution in [0.15, 0.2) is 48.5 Å². The molecule has 0 bridgehead atoms. The third kappa shape index (κ3) is 20.6. The summed E-state index contributed by atoms with van der Waals surface area (Å²) < 4.78 is 45.5. The molecule has 1 saturated carbocycles. The molecule has 1 aliphatic carbocycles. The molecular formula is C65H23F3N4O3S. The van der Waals surface area contributed by atoms with Gasteiger partial charge in [-0.25, -0.2) is 9.64 Å². The van der Waals surface area contributed by atoms with Crippen LogP contribution in [-0.2, 0) is 20.5 Å². The Morgan fingerprint density at radius 1 is 0.645 bits per heavy atom. The summed E-state index contributed by atoms with van der Waals surface area (Å²) in [6.45, 7) is 10.7. The lowest BCUT2D eigenvalue weighted by Crippen LogP contribution is -2.55. The molecular weight excluding hydrogens is 974 g/mol. The highest BCUT2D eigenvalue weighted by Gasteiger charge is 2.59. The zero-order valence-electron chi connectivity index (χ0n) is 39.6. The minimum absolute atomic E-state index is 0.0255. The summed E-state index contributed by atoms with van der Waals surface area (Å²) in [7, 11) is 0. The first-order chi connectivity index (χ1) is 37.0. The van der Waals surface area contributed by atoms with E-state index < -0.39 is 28.9 Å². The minimum atomic E-state index is -4.75. The Morgan fingerprint density at radius 3 is 1.33 bits per heavy atom. The van der Waals surface area contributed by atoms with Crippen molar-refractivity contribution >= 4 is 52.3 Å². The van der Waals surface area contributed by atoms with Gasteiger partial charge in [0.1, 0.15) is 5.54 Å². The standard InChI is InChI=1S/C40H3N.C25H20F3N3O3S/c1-2-3-4-5-6-7-8-9-10-11-12-13-14-15-16-17-18-19-20-21-22-23-24-25-26-27-28-29-30-31-32-33-34-35-36-37-38-39-40-41;1-3-34-21(32)12-7-16-5-8-17(9-6-16)31-23(35)30(22(33)24(31)13-4-14-24)18-10-11-20(29-2)19(15-18)25(26,27)28/h1H3;5-12,15H,3-4,13-14H2,1H3/b;12-7+. The van der Waals surface area contributed by atoms with Crippen molar-refractivity contribution in [1.82, 2.24) is 0 Å². The number of hydrogen-bond donors (Lipinski definition) is 0. The van der Waals surface area contributed by atoms with Crippen molar-refractivity contribution in [3.05, 3.63) is 71.1 Å². The smallest absolute Gasteiger partial charge is 0.407 e. The van der Waals surface area contributed by atoms with Crippen LogP contribution in [-0.4, -0.2) is 29.1 Å². The van der Waals surface area contributed by atoms with Crippen LogP contribution in [0, 0.1) is 243 Å². The van der Waals surface area contributed by atoms with Crippen molar-refractivity contribution < 1.29 is 27.5 Å². The highest BCUT2D eigenvalue weighted by Crippen LogP contribution is 2.49. The van der Waals surface area contributed by atoms with E-state index in [0.717, 1.165) is 29.0 Å². The van der Waals surface area contributed by atoms with Gasteiger partial charge in [-0.05, 0) is 129 Å². The van der Waals surface area contributed by atoms with Gasteiger partial charge >= 0.3 is 12.1 Å². The number of rotatable bonds is 5. The van der Waals surface area contributed by atoms with Crippen molar-refractivity contribution in [3.8, 4) is 231 Å². The molecule has 0 radical (unpaired) electrons. The molecule has 1 spiro atoms. The van der Waals surface area contributed by atoms with Gasteiger partial charge in [-0.3, -0.25) is 9.69 Å². The summed E-state index contributed by atoms with van der Waals surface area (Å²) in [6, 6.07) is 11.8. The molecule has 0 N–H and O–H groups in total. The molecule has 2 fully saturated rings. The van der Waals surface area contributed by atoms with E-state index in [1.54, 1.807) is 55.2 Å². The number of nitriles is 1. The highest BCUT2D eigenvalue weighted by atomic mass is 32.1. The van der Waals surface area contributed by atoms with Crippen molar-refractivity contribution in [1.29, 1.82) is 5.26 Å². The molecule has 0 unspecified atom stereocenters. The molecule has 348 valence electrons. The average molecular weight is 997 g/mol. The maximum absolute atomic E-state index is 13.5. The summed E-state index contributed by atoms with van der Waals surface area (Å²) in [5.41, 5.74) is -1.30. The first-order valence-corrected chi connectivity index (χ1v) is 21.5. The lowest BCUT2D eigenvalue weighted by atomic mass is 9.75. The number of esters is 1. The van der Waals surface area contributed by atoms with E-state index in [-0.39, 0.29) is 23.3 Å². The van der Waals surface area contributed by atoms with Crippen LogP contribution in [0.4, 0.5) is 30.2 Å². The van der Waals surface area contributed by atoms with E-state index >= 15 is 0 Å². The highest BCUT2D eigenvalue weighted by molar-refractivity contribution is 7.81. The molecule has 76 heavy (non-hydrogen) atoms. The number of benzene rings is 2. The summed E-state index contributed by atoms with van der Waals surface area (Å²) in [6.07, 6.45) is -0.0377. The maximum Gasteiger partial charge on any atom is 0.407 e. The molecule has 1 heterocycles. The molecule has 1 amide bonds. The van der Waals surface area contributed by atoms with E-state index in [9.17, 15) is 22.8 Å². The van der Waals surface area contributed by atoms with Crippen LogP contribution >= 0.6 is 12.2 Å². The molecule has 1 saturated heterocycles. The SMILES string of the molecule is CC#CC#CC#CC#CC#CC#CC#CC#CC#CC#CC#CC#CC#CC#CC#CC#CC#CC#CC#CC#N.[C-]#[N+]c1ccc(N2C(=O)C3(CCC3)N(c3ccc(/C=C/C(=O)OCC)cc3)C2=S)cc1C(F)(F)F. The van der Waals surface area contributed by atoms with Crippen LogP contribution in [0.25, 0.3) is 10.9 Å². The van der Waals surface area contributed by atoms with Gasteiger partial charge in [-0.1, -0.05) is 24.1 Å². The van der Waals surface area contributed by atoms with Crippen LogP contribution in [0.1, 0.15) is 44.2 Å². The Balaban J connectivity index is 0.000000404. The molecule has 1 aliphatic heterocycles. The Kier molecular flexibility index (Phi) is 25.7. The maximum atomic E-state index is 13.5. The quantitative estimate of drug-likeness (QED) is 0.112. The predicted octanol–water partition coefficient (Wildman–Crippen LogP) is 6.49. The van der Waals surface area contributed by atoms with Crippen molar-refractivity contribution in [2.24, 2.45) is 0 Å². The van der Waals surface area contributed by atoms with Crippen LogP contribution in [0.2, 0.25) is 0 Å². The molecule has 2 aliphatic rings. The number of amides is 1. The molecule has 0 aromatic heterocycles. The number of alkyl halides is 3. The fourth-order valence-electron chi connectivity index (χ4n) is 5.47. The van der Waals surface area contributed by atoms with E-state index in [2.05, 4.69) is 230 Å². The van der Waals surface area contributed by atoms with E-state index in [4.69, 9.17) is 28.8 Å². The molecule has 0 atom stereocenters. The molecule has 4 rings (SSSR count). The Labute approximate surface area is 446 Å². The number of ether oxygens (including phenoxy) is 1. The first kappa shape index (κ1) is 57.7. The van der Waals surface area contributed by atoms with Gasteiger partial charge in [-0.15, -0.1) is 0 Å². The lowest BCUT2D eigenvalue weighted by molar-refractivity contribution is -0.137. The van der Waals surface area contributed by atoms with Crippen molar-refractivity contribution in [2.75, 3.05) is 16.4 Å². The fraction of sp³-hybridized carbons (Fsp3) is 0.123. The molecule has 2 aromatic rings. The molecule has 2 aromatic carbocycles. The van der Waals surface area contributed by atoms with Crippen LogP contribution in [0.5, 0.6) is 0 Å². The van der Waals surface area contributed by atoms with E-state index in [1.165, 1.54) is 12.1 Å². The number of anilines is 2. The van der Waals surface area contributed by atoms with Gasteiger partial charge in [0.15, 0.2) is 16.9 Å². The number of halogens is 3. The second-order valence-corrected chi connectivity index (χ2v) is 13.5. The predicted molar refractivity (Wildman–Crippen MR) is 288 cm³/mol. The lowest BCUT2D eigenvalue weighted by Gasteiger charge is -2.43. The van der Waals surface area contributed by atoms with Crippen LogP contribution in [0.3, 0.4) is 0 Å². The topological polar surface area (TPSA) is 78.0 Å². The summed E-state index contributed by atoms with van der Waals surface area (Å²) in [5, 5.41) is 8.25. The van der Waals surface area contributed by atoms with Crippen molar-refractivity contribution in [2.45, 2.75) is 44.8 Å². The number of nitrogens with zero attached hydrogens (tertiary/aromatic N) is 4. The van der Waals surface area contributed by atoms with E-state index in [1.807, 2.05) is 0 Å². The fourth-order valence-corrected chi connectivity index (χ4v) is 5.94. The number of hydrogen-bond acceptors (Lipinski definition) is 5. The van der Waals surface area contributed by atoms with Crippen LogP contribution < -0.4 is 9.80 Å². The van der Waals surface area contributed by atoms with Gasteiger partial charge in [0.05, 0.1) is 18.7 Å². The number of carbonyl (C=O) groups excluding carboxylic acids is 2. The Hall–Kier alpha value is -12.6. The van der Waals surface area contributed by atoms with Gasteiger partial charge in [0.25, 0.3) is 5.91 Å².